The predicted octanol–water partition coefficient (Wildman–Crippen LogP) is 0.918. The number of aromatic hydroxyl groups is 1. The molecule has 1 aromatic carbocycles. The van der Waals surface area contributed by atoms with Crippen molar-refractivity contribution < 1.29 is 19.4 Å². The normalized spacial score (nSPS) is 9.62. The highest BCUT2D eigenvalue weighted by Crippen LogP contribution is 2.17. The van der Waals surface area contributed by atoms with Crippen molar-refractivity contribution in [1.82, 2.24) is 0 Å². The number of nitrogens with zero attached hydrogens (tertiary/aromatic N) is 1. The van der Waals surface area contributed by atoms with E-state index in [9.17, 15) is 9.59 Å². The van der Waals surface area contributed by atoms with Crippen LogP contribution in [-0.4, -0.2) is 30.6 Å². The molecule has 1 aromatic rings. The Morgan fingerprint density at radius 3 is 2.38 bits per heavy atom. The van der Waals surface area contributed by atoms with Gasteiger partial charge in [-0.15, -0.1) is 0 Å². The van der Waals surface area contributed by atoms with Crippen molar-refractivity contribution in [3.63, 3.8) is 0 Å². The van der Waals surface area contributed by atoms with E-state index >= 15 is 0 Å². The topological polar surface area (TPSA) is 66.8 Å². The number of esters is 1. The smallest absolute Gasteiger partial charge is 0.303 e. The van der Waals surface area contributed by atoms with Crippen LogP contribution in [0.15, 0.2) is 24.3 Å². The summed E-state index contributed by atoms with van der Waals surface area (Å²) in [6.45, 7) is 0.959. The van der Waals surface area contributed by atoms with Crippen LogP contribution in [0.3, 0.4) is 0 Å². The zero-order chi connectivity index (χ0) is 12.1. The maximum Gasteiger partial charge on any atom is 0.303 e. The zero-order valence-electron chi connectivity index (χ0n) is 9.14. The molecule has 1 rings (SSSR count). The highest BCUT2D eigenvalue weighted by molar-refractivity contribution is 5.94. The monoisotopic (exact) mass is 223 g/mol. The Hall–Kier alpha value is -2.04. The minimum absolute atomic E-state index is 0.129. The number of carbonyl (C=O) groups excluding carboxylic acids is 2. The number of rotatable bonds is 3. The summed E-state index contributed by atoms with van der Waals surface area (Å²) in [4.78, 5) is 23.4. The summed E-state index contributed by atoms with van der Waals surface area (Å²) >= 11 is 0. The van der Waals surface area contributed by atoms with Crippen molar-refractivity contribution >= 4 is 17.6 Å². The zero-order valence-corrected chi connectivity index (χ0v) is 9.14. The number of anilines is 1. The van der Waals surface area contributed by atoms with Gasteiger partial charge in [-0.05, 0) is 24.3 Å². The molecule has 1 N–H and O–H groups in total. The molecule has 0 radical (unpaired) electrons. The Balaban J connectivity index is 2.63. The van der Waals surface area contributed by atoms with Crippen LogP contribution in [0.1, 0.15) is 6.92 Å². The van der Waals surface area contributed by atoms with Crippen LogP contribution in [0.2, 0.25) is 0 Å². The molecule has 0 saturated heterocycles. The molecular formula is C11H13NO4. The largest absolute Gasteiger partial charge is 0.508 e. The summed E-state index contributed by atoms with van der Waals surface area (Å²) in [6, 6.07) is 6.15. The summed E-state index contributed by atoms with van der Waals surface area (Å²) in [5.74, 6) is -0.696. The lowest BCUT2D eigenvalue weighted by Gasteiger charge is -2.16. The van der Waals surface area contributed by atoms with Crippen molar-refractivity contribution in [2.45, 2.75) is 6.92 Å². The van der Waals surface area contributed by atoms with Crippen molar-refractivity contribution in [3.8, 4) is 5.75 Å². The van der Waals surface area contributed by atoms with Gasteiger partial charge in [0.05, 0.1) is 0 Å². The van der Waals surface area contributed by atoms with E-state index in [2.05, 4.69) is 4.74 Å². The van der Waals surface area contributed by atoms with Crippen LogP contribution >= 0.6 is 0 Å². The summed E-state index contributed by atoms with van der Waals surface area (Å²) in [5, 5.41) is 9.08. The molecule has 5 nitrogen and oxygen atoms in total. The van der Waals surface area contributed by atoms with Crippen LogP contribution in [0.4, 0.5) is 5.69 Å². The van der Waals surface area contributed by atoms with Gasteiger partial charge < -0.3 is 14.7 Å². The standard InChI is InChI=1S/C11H13NO4/c1-8(13)16-7-11(15)12(2)9-3-5-10(14)6-4-9/h3-6,14H,7H2,1-2H3. The predicted molar refractivity (Wildman–Crippen MR) is 58.1 cm³/mol. The Bertz CT molecular complexity index is 385. The third kappa shape index (κ3) is 3.27. The van der Waals surface area contributed by atoms with Gasteiger partial charge in [-0.25, -0.2) is 0 Å². The molecule has 0 atom stereocenters. The second kappa shape index (κ2) is 5.16. The van der Waals surface area contributed by atoms with E-state index in [-0.39, 0.29) is 18.3 Å². The number of benzene rings is 1. The summed E-state index contributed by atoms with van der Waals surface area (Å²) in [5.41, 5.74) is 0.620. The van der Waals surface area contributed by atoms with Gasteiger partial charge in [0.2, 0.25) is 0 Å². The van der Waals surface area contributed by atoms with Gasteiger partial charge in [0.1, 0.15) is 5.75 Å². The summed E-state index contributed by atoms with van der Waals surface area (Å²) in [6.07, 6.45) is 0. The molecule has 0 spiro atoms. The molecule has 0 saturated carbocycles. The van der Waals surface area contributed by atoms with Crippen LogP contribution in [0, 0.1) is 0 Å². The van der Waals surface area contributed by atoms with Gasteiger partial charge in [-0.1, -0.05) is 0 Å². The lowest BCUT2D eigenvalue weighted by atomic mass is 10.3. The van der Waals surface area contributed by atoms with E-state index in [1.807, 2.05) is 0 Å². The van der Waals surface area contributed by atoms with Gasteiger partial charge in [-0.2, -0.15) is 0 Å². The molecule has 0 unspecified atom stereocenters. The maximum absolute atomic E-state index is 11.5. The maximum atomic E-state index is 11.5. The van der Waals surface area contributed by atoms with E-state index in [1.165, 1.54) is 24.0 Å². The van der Waals surface area contributed by atoms with Crippen molar-refractivity contribution in [3.05, 3.63) is 24.3 Å². The number of likely N-dealkylation sites (N-methyl/N-ethyl adjacent to an activating group) is 1. The van der Waals surface area contributed by atoms with E-state index in [0.29, 0.717) is 5.69 Å². The molecule has 86 valence electrons. The average Bonchev–Trinajstić information content (AvgIpc) is 2.26. The first kappa shape index (κ1) is 12.0. The number of phenols is 1. The second-order valence-electron chi connectivity index (χ2n) is 3.25. The molecule has 0 heterocycles. The number of hydrogen-bond donors (Lipinski definition) is 1. The first-order valence-corrected chi connectivity index (χ1v) is 4.69. The van der Waals surface area contributed by atoms with E-state index < -0.39 is 5.97 Å². The number of hydrogen-bond acceptors (Lipinski definition) is 4. The first-order valence-electron chi connectivity index (χ1n) is 4.69. The first-order chi connectivity index (χ1) is 7.50. The molecule has 16 heavy (non-hydrogen) atoms. The minimum atomic E-state index is -0.493. The van der Waals surface area contributed by atoms with E-state index in [0.717, 1.165) is 0 Å². The van der Waals surface area contributed by atoms with E-state index in [1.54, 1.807) is 19.2 Å². The molecule has 0 bridgehead atoms. The van der Waals surface area contributed by atoms with Crippen molar-refractivity contribution in [1.29, 1.82) is 0 Å². The van der Waals surface area contributed by atoms with Gasteiger partial charge in [0, 0.05) is 19.7 Å². The van der Waals surface area contributed by atoms with Crippen molar-refractivity contribution in [2.24, 2.45) is 0 Å². The Morgan fingerprint density at radius 1 is 1.31 bits per heavy atom. The molecule has 0 aliphatic rings. The Kier molecular flexibility index (Phi) is 3.88. The fourth-order valence-corrected chi connectivity index (χ4v) is 1.08. The summed E-state index contributed by atoms with van der Waals surface area (Å²) < 4.78 is 4.59. The Labute approximate surface area is 93.2 Å². The van der Waals surface area contributed by atoms with Gasteiger partial charge in [0.25, 0.3) is 5.91 Å². The molecule has 1 amide bonds. The highest BCUT2D eigenvalue weighted by Gasteiger charge is 2.11. The number of carbonyl (C=O) groups is 2. The molecule has 5 heteroatoms. The quantitative estimate of drug-likeness (QED) is 0.774. The van der Waals surface area contributed by atoms with Crippen LogP contribution in [0.25, 0.3) is 0 Å². The van der Waals surface area contributed by atoms with Gasteiger partial charge in [-0.3, -0.25) is 9.59 Å². The van der Waals surface area contributed by atoms with Crippen LogP contribution in [0.5, 0.6) is 5.75 Å². The van der Waals surface area contributed by atoms with Gasteiger partial charge >= 0.3 is 5.97 Å². The fraction of sp³-hybridized carbons (Fsp3) is 0.273. The second-order valence-corrected chi connectivity index (χ2v) is 3.25. The van der Waals surface area contributed by atoms with Crippen LogP contribution < -0.4 is 4.90 Å². The SMILES string of the molecule is CC(=O)OCC(=O)N(C)c1ccc(O)cc1. The molecule has 0 aromatic heterocycles. The van der Waals surface area contributed by atoms with E-state index in [4.69, 9.17) is 5.11 Å². The molecule has 0 aliphatic carbocycles. The third-order valence-corrected chi connectivity index (χ3v) is 2.01. The molecule has 0 fully saturated rings. The fourth-order valence-electron chi connectivity index (χ4n) is 1.08. The highest BCUT2D eigenvalue weighted by atomic mass is 16.5. The third-order valence-electron chi connectivity index (χ3n) is 2.01. The van der Waals surface area contributed by atoms with Gasteiger partial charge in [0.15, 0.2) is 6.61 Å². The Morgan fingerprint density at radius 2 is 1.88 bits per heavy atom. The van der Waals surface area contributed by atoms with Crippen molar-refractivity contribution in [2.75, 3.05) is 18.6 Å². The lowest BCUT2D eigenvalue weighted by Crippen LogP contribution is -2.30. The molecule has 0 aliphatic heterocycles. The lowest BCUT2D eigenvalue weighted by molar-refractivity contribution is -0.145. The number of amides is 1. The van der Waals surface area contributed by atoms with Crippen LogP contribution in [-0.2, 0) is 14.3 Å². The minimum Gasteiger partial charge on any atom is -0.508 e. The number of ether oxygens (including phenoxy) is 1. The average molecular weight is 223 g/mol. The summed E-state index contributed by atoms with van der Waals surface area (Å²) in [7, 11) is 1.57. The molecular weight excluding hydrogens is 210 g/mol. The number of phenolic OH excluding ortho intramolecular Hbond substituents is 1.